The summed E-state index contributed by atoms with van der Waals surface area (Å²) in [5.74, 6) is -1.91. The third-order valence-electron chi connectivity index (χ3n) is 21.9. The zero-order valence-corrected chi connectivity index (χ0v) is 83.4. The number of amides is 3. The summed E-state index contributed by atoms with van der Waals surface area (Å²) >= 11 is 16.8. The van der Waals surface area contributed by atoms with Gasteiger partial charge in [0.1, 0.15) is 10.6 Å². The molecule has 4 aliphatic carbocycles. The molecule has 4 fully saturated rings. The zero-order chi connectivity index (χ0) is 95.9. The van der Waals surface area contributed by atoms with Crippen LogP contribution >= 0.6 is 104 Å². The number of ether oxygens (including phenoxy) is 3. The van der Waals surface area contributed by atoms with E-state index in [4.69, 9.17) is 36.7 Å². The van der Waals surface area contributed by atoms with Gasteiger partial charge in [0.15, 0.2) is 0 Å². The van der Waals surface area contributed by atoms with Crippen LogP contribution in [0.4, 0.5) is 59.2 Å². The van der Waals surface area contributed by atoms with Gasteiger partial charge in [0, 0.05) is 92.1 Å². The number of carbonyl (C=O) groups is 9. The fraction of sp³-hybridized carbons (Fsp3) is 0.479. The van der Waals surface area contributed by atoms with Crippen LogP contribution in [0.2, 0.25) is 0 Å². The lowest BCUT2D eigenvalue weighted by Gasteiger charge is -2.34. The summed E-state index contributed by atoms with van der Waals surface area (Å²) in [4.78, 5) is 121. The number of aromatic nitrogens is 2. The molecule has 11 rings (SSSR count). The van der Waals surface area contributed by atoms with Crippen molar-refractivity contribution < 1.29 is 98.3 Å². The summed E-state index contributed by atoms with van der Waals surface area (Å²) in [5, 5.41) is 21.3. The number of nitrogens with two attached hydrogens (primary N) is 1. The van der Waals surface area contributed by atoms with Gasteiger partial charge in [0.25, 0.3) is 0 Å². The van der Waals surface area contributed by atoms with Gasteiger partial charge < -0.3 is 50.2 Å². The zero-order valence-electron chi connectivity index (χ0n) is 74.5. The Hall–Kier alpha value is -7.88. The minimum Gasteiger partial charge on any atom is -0.478 e. The van der Waals surface area contributed by atoms with Crippen LogP contribution in [-0.2, 0) is 45.7 Å². The van der Waals surface area contributed by atoms with Crippen molar-refractivity contribution in [3.05, 3.63) is 183 Å². The van der Waals surface area contributed by atoms with Crippen LogP contribution in [-0.4, -0.2) is 118 Å². The van der Waals surface area contributed by atoms with E-state index in [1.165, 1.54) is 75.6 Å². The first-order chi connectivity index (χ1) is 60.0. The summed E-state index contributed by atoms with van der Waals surface area (Å²) in [6.07, 6.45) is 8.83. The second-order valence-corrected chi connectivity index (χ2v) is 38.9. The van der Waals surface area contributed by atoms with Gasteiger partial charge in [-0.1, -0.05) is 39.5 Å². The molecule has 34 heteroatoms. The van der Waals surface area contributed by atoms with Crippen LogP contribution in [0.5, 0.6) is 0 Å². The number of nitrogens with one attached hydrogen (secondary N) is 1. The van der Waals surface area contributed by atoms with E-state index in [9.17, 15) is 79.0 Å². The van der Waals surface area contributed by atoms with E-state index in [2.05, 4.69) is 101 Å². The van der Waals surface area contributed by atoms with Crippen LogP contribution in [0, 0.1) is 64.0 Å². The standard InChI is InChI=1S/C24H27F3N2O3S.C19H26INO3.C19H27NO3S.C11H14INO2.C8H13ClO.C7H6INO2.C6H3F4N/c1-14(2)29(22(30)16-8-6-15(3)7-9-16)20-11-10-17(13-18(20)23(31)32)33-21-19(24(25,26)27)5-4-12-28-21;1-12(2)21(18(22)14-7-5-13(3)6-8-14)17-10-9-15(20)11-16(17)19(23)24-4;1-12(2)20(18(21)14-7-5-13(3)6-8-14)17-10-9-15(24)11-16(17)19(22)23-4;1-7(2)13-10-5-4-8(12)6-9(10)11(14)15-3;1-6-2-4-7(5-3-6)8(9)10;8-4-1-2-6(9)5(3-4)7(10)11;7-5-4(6(8,9)10)2-1-3-11-5/h4-5,10-16H,6-9H2,1-3H3,(H,31,32);9-14H,5-8H2,1-4H3;9-14,24H,5-8H2,1-4H3;4-7,13H,1-3H3;6-7H,2-5H2,1H3;1-3H,9H2,(H,10,11);1-3H. The van der Waals surface area contributed by atoms with Crippen LogP contribution in [0.3, 0.4) is 0 Å². The maximum Gasteiger partial charge on any atom is 0.420 e. The second kappa shape index (κ2) is 53.0. The molecule has 4 saturated carbocycles. The van der Waals surface area contributed by atoms with Crippen LogP contribution in [0.1, 0.15) is 249 Å². The van der Waals surface area contributed by atoms with E-state index in [1.807, 2.05) is 108 Å². The SMILES string of the molecule is CC1CCC(C(=O)Cl)CC1.CC1CCC(C(=O)N(c2ccc(Sc3ncccc3C(F)(F)F)cc2C(=O)O)C(C)C)CC1.COC(=O)c1cc(I)ccc1N(C(=O)C1CCC(C)CC1)C(C)C.COC(=O)c1cc(I)ccc1NC(C)C.COC(=O)c1cc(S)ccc1N(C(=O)C1CCC(C)CC1)C(C)C.Fc1ncccc1C(F)(F)F.Nc1ccc(I)cc1C(=O)O. The monoisotopic (exact) mass is 2180 g/mol. The molecule has 0 saturated heterocycles. The molecule has 4 aliphatic rings. The largest absolute Gasteiger partial charge is 0.478 e. The molecule has 0 radical (unpaired) electrons. The summed E-state index contributed by atoms with van der Waals surface area (Å²) in [6, 6.07) is 29.5. The van der Waals surface area contributed by atoms with E-state index in [0.717, 1.165) is 142 Å². The van der Waals surface area contributed by atoms with Gasteiger partial charge in [0.05, 0.1) is 71.8 Å². The van der Waals surface area contributed by atoms with Gasteiger partial charge in [-0.15, -0.1) is 12.6 Å². The van der Waals surface area contributed by atoms with Gasteiger partial charge in [-0.05, 0) is 376 Å². The lowest BCUT2D eigenvalue weighted by Crippen LogP contribution is -2.43. The Kier molecular flexibility index (Phi) is 45.8. The smallest absolute Gasteiger partial charge is 0.420 e. The molecule has 700 valence electrons. The number of aromatic carboxylic acids is 2. The van der Waals surface area contributed by atoms with Crippen molar-refractivity contribution in [1.82, 2.24) is 9.97 Å². The highest BCUT2D eigenvalue weighted by atomic mass is 127. The average Bonchev–Trinajstić information content (AvgIpc) is 0.796. The van der Waals surface area contributed by atoms with E-state index in [1.54, 1.807) is 46.2 Å². The quantitative estimate of drug-likeness (QED) is 0.00734. The number of hydrogen-bond donors (Lipinski definition) is 5. The van der Waals surface area contributed by atoms with Crippen LogP contribution in [0.25, 0.3) is 0 Å². The highest BCUT2D eigenvalue weighted by molar-refractivity contribution is 14.1. The number of alkyl halides is 6. The summed E-state index contributed by atoms with van der Waals surface area (Å²) in [5.41, 5.74) is 7.28. The molecule has 0 bridgehead atoms. The predicted molar refractivity (Wildman–Crippen MR) is 514 cm³/mol. The number of thiol groups is 1. The number of carboxylic acids is 2. The number of carbonyl (C=O) groups excluding carboxylic acids is 7. The number of benzene rings is 5. The number of rotatable bonds is 19. The molecule has 0 aliphatic heterocycles. The number of esters is 3. The normalized spacial score (nSPS) is 18.3. The Morgan fingerprint density at radius 1 is 0.469 bits per heavy atom. The van der Waals surface area contributed by atoms with E-state index in [-0.39, 0.29) is 98.6 Å². The molecular weight excluding hydrogens is 2060 g/mol. The minimum atomic E-state index is -4.65. The third-order valence-corrected chi connectivity index (χ3v) is 25.5. The first-order valence-electron chi connectivity index (χ1n) is 42.2. The van der Waals surface area contributed by atoms with Crippen molar-refractivity contribution in [2.45, 2.75) is 237 Å². The fourth-order valence-electron chi connectivity index (χ4n) is 14.9. The first kappa shape index (κ1) is 111. The Labute approximate surface area is 801 Å². The van der Waals surface area contributed by atoms with Crippen molar-refractivity contribution in [3.8, 4) is 0 Å². The Bertz CT molecular complexity index is 4780. The highest BCUT2D eigenvalue weighted by Crippen LogP contribution is 2.43. The predicted octanol–water partition coefficient (Wildman–Crippen LogP) is 24.8. The number of hydrogen-bond acceptors (Lipinski definition) is 18. The number of nitrogens with zero attached hydrogens (tertiary/aromatic N) is 5. The van der Waals surface area contributed by atoms with Gasteiger partial charge >= 0.3 is 42.2 Å². The molecule has 5 aromatic carbocycles. The molecule has 21 nitrogen and oxygen atoms in total. The van der Waals surface area contributed by atoms with Gasteiger partial charge in [-0.25, -0.2) is 33.9 Å². The molecule has 2 aromatic heterocycles. The summed E-state index contributed by atoms with van der Waals surface area (Å²) in [7, 11) is 4.11. The number of anilines is 5. The maximum absolute atomic E-state index is 13.3. The van der Waals surface area contributed by atoms with Crippen molar-refractivity contribution in [2.75, 3.05) is 47.1 Å². The molecule has 5 N–H and O–H groups in total. The van der Waals surface area contributed by atoms with E-state index in [0.29, 0.717) is 67.4 Å². The second-order valence-electron chi connectivity index (χ2n) is 33.2. The maximum atomic E-state index is 13.3. The Morgan fingerprint density at radius 3 is 1.18 bits per heavy atom. The first-order valence-corrected chi connectivity index (χ1v) is 47.1. The van der Waals surface area contributed by atoms with Crippen LogP contribution in [0.15, 0.2) is 142 Å². The third kappa shape index (κ3) is 34.4. The van der Waals surface area contributed by atoms with Crippen molar-refractivity contribution >= 4 is 185 Å². The van der Waals surface area contributed by atoms with Gasteiger partial charge in [0.2, 0.25) is 28.9 Å². The number of nitrogen functional groups attached to an aromatic ring is 1. The lowest BCUT2D eigenvalue weighted by molar-refractivity contribution is -0.141. The molecular formula is C94H116ClF7I3N7O14S2. The topological polar surface area (TPSA) is 295 Å². The van der Waals surface area contributed by atoms with E-state index >= 15 is 0 Å². The van der Waals surface area contributed by atoms with Crippen molar-refractivity contribution in [1.29, 1.82) is 0 Å². The van der Waals surface area contributed by atoms with Crippen molar-refractivity contribution in [2.24, 2.45) is 47.3 Å². The molecule has 0 unspecified atom stereocenters. The van der Waals surface area contributed by atoms with E-state index < -0.39 is 53.3 Å². The van der Waals surface area contributed by atoms with Gasteiger partial charge in [-0.2, -0.15) is 30.7 Å². The Morgan fingerprint density at radius 2 is 0.812 bits per heavy atom. The molecule has 7 aromatic rings. The fourth-order valence-corrected chi connectivity index (χ4v) is 17.7. The molecule has 3 amide bonds. The Balaban J connectivity index is 0.000000276. The number of pyridine rings is 2. The van der Waals surface area contributed by atoms with Crippen LogP contribution < -0.4 is 25.8 Å². The summed E-state index contributed by atoms with van der Waals surface area (Å²) < 4.78 is 105. The van der Waals surface area contributed by atoms with Gasteiger partial charge in [-0.3, -0.25) is 19.2 Å². The molecule has 2 heterocycles. The number of halogens is 11. The molecule has 0 spiro atoms. The van der Waals surface area contributed by atoms with Crippen molar-refractivity contribution in [3.63, 3.8) is 0 Å². The number of methoxy groups -OCH3 is 3. The molecule has 0 atom stereocenters. The lowest BCUT2D eigenvalue weighted by atomic mass is 9.82. The highest BCUT2D eigenvalue weighted by Gasteiger charge is 2.39. The number of carboxylic acid groups (broad SMARTS) is 2. The summed E-state index contributed by atoms with van der Waals surface area (Å²) in [6.45, 7) is 24.5. The average molecular weight is 2180 g/mol. The minimum absolute atomic E-state index is 0.0136. The molecule has 128 heavy (non-hydrogen) atoms.